The molecule has 3 aromatic rings. The first-order valence-corrected chi connectivity index (χ1v) is 16.8. The van der Waals surface area contributed by atoms with Crippen LogP contribution in [0.25, 0.3) is 10.6 Å². The molecule has 1 aromatic heterocycles. The van der Waals surface area contributed by atoms with Crippen molar-refractivity contribution in [3.05, 3.63) is 65.2 Å². The summed E-state index contributed by atoms with van der Waals surface area (Å²) in [7, 11) is 2.03. The number of para-hydroxylation sites is 1. The maximum absolute atomic E-state index is 13.2. The van der Waals surface area contributed by atoms with Crippen molar-refractivity contribution < 1.29 is 26.5 Å². The first-order chi connectivity index (χ1) is 19.8. The number of hydrogen-bond donors (Lipinski definition) is 1. The fourth-order valence-electron chi connectivity index (χ4n) is 5.16. The zero-order valence-electron chi connectivity index (χ0n) is 26.6. The van der Waals surface area contributed by atoms with Gasteiger partial charge in [0.1, 0.15) is 12.8 Å². The molecule has 1 heterocycles. The maximum Gasteiger partial charge on any atom is 0.270 e. The molecule has 0 saturated carbocycles. The molecule has 1 amide bonds. The number of benzene rings is 2. The largest absolute Gasteiger partial charge is 1.00 e. The molecule has 42 heavy (non-hydrogen) atoms. The van der Waals surface area contributed by atoms with Gasteiger partial charge in [-0.25, -0.2) is 0 Å². The van der Waals surface area contributed by atoms with Crippen LogP contribution < -0.4 is 27.0 Å². The fraction of sp³-hybridized carbons (Fsp3) is 0.556. The number of anilines is 1. The van der Waals surface area contributed by atoms with Crippen molar-refractivity contribution in [2.75, 3.05) is 11.9 Å². The Hall–Kier alpha value is -2.37. The third kappa shape index (κ3) is 12.1. The molecule has 232 valence electrons. The summed E-state index contributed by atoms with van der Waals surface area (Å²) in [5, 5.41) is 6.34. The number of unbranched alkanes of at least 4 members (excludes halogenated alkanes) is 11. The summed E-state index contributed by atoms with van der Waals surface area (Å²) in [6.07, 6.45) is 18.2. The van der Waals surface area contributed by atoms with Gasteiger partial charge in [0.15, 0.2) is 6.20 Å². The number of rotatable bonds is 18. The molecule has 2 aromatic carbocycles. The van der Waals surface area contributed by atoms with E-state index in [1.165, 1.54) is 76.2 Å². The molecule has 0 radical (unpaired) electrons. The molecule has 0 saturated heterocycles. The highest BCUT2D eigenvalue weighted by atomic mass is 35.5. The molecule has 0 aliphatic rings. The average Bonchev–Trinajstić information content (AvgIpc) is 3.37. The van der Waals surface area contributed by atoms with Crippen LogP contribution in [0.2, 0.25) is 0 Å². The van der Waals surface area contributed by atoms with Gasteiger partial charge in [0.2, 0.25) is 5.91 Å². The van der Waals surface area contributed by atoms with Gasteiger partial charge in [-0.15, -0.1) is 0 Å². The van der Waals surface area contributed by atoms with Gasteiger partial charge in [-0.2, -0.15) is 4.57 Å². The van der Waals surface area contributed by atoms with Crippen molar-refractivity contribution in [3.8, 4) is 16.3 Å². The molecule has 1 N–H and O–H groups in total. The van der Waals surface area contributed by atoms with Crippen molar-refractivity contribution in [2.24, 2.45) is 7.05 Å². The fourth-order valence-corrected chi connectivity index (χ4v) is 6.07. The standard InChI is InChI=1S/C36H52N2O2S.ClH/c1-6-7-8-9-10-11-12-13-14-15-16-19-25-40-33-28-30(36(2,3)4)23-22-29(33)27-34(39)37-32-21-18-17-20-31(32)35-38(5)24-26-41-35;/h17-18,20-24,26,28H,6-16,19,25,27H2,1-5H3;1H. The van der Waals surface area contributed by atoms with Gasteiger partial charge in [0.25, 0.3) is 5.01 Å². The third-order valence-corrected chi connectivity index (χ3v) is 8.74. The Kier molecular flexibility index (Phi) is 16.2. The lowest BCUT2D eigenvalue weighted by molar-refractivity contribution is -0.655. The second-order valence-electron chi connectivity index (χ2n) is 12.4. The van der Waals surface area contributed by atoms with Crippen molar-refractivity contribution >= 4 is 22.9 Å². The van der Waals surface area contributed by atoms with Gasteiger partial charge in [0.05, 0.1) is 29.7 Å². The molecule has 0 fully saturated rings. The molecule has 0 atom stereocenters. The number of halogens is 1. The third-order valence-electron chi connectivity index (χ3n) is 7.76. The van der Waals surface area contributed by atoms with E-state index in [4.69, 9.17) is 4.74 Å². The molecular weight excluding hydrogens is 560 g/mol. The molecule has 0 unspecified atom stereocenters. The lowest BCUT2D eigenvalue weighted by Gasteiger charge is -2.21. The van der Waals surface area contributed by atoms with Crippen molar-refractivity contribution in [2.45, 2.75) is 117 Å². The minimum Gasteiger partial charge on any atom is -1.00 e. The Labute approximate surface area is 265 Å². The van der Waals surface area contributed by atoms with Crippen LogP contribution in [0, 0.1) is 0 Å². The Morgan fingerprint density at radius 2 is 1.50 bits per heavy atom. The molecule has 0 bridgehead atoms. The highest BCUT2D eigenvalue weighted by Gasteiger charge is 2.20. The van der Waals surface area contributed by atoms with E-state index in [1.807, 2.05) is 31.4 Å². The van der Waals surface area contributed by atoms with E-state index >= 15 is 0 Å². The monoisotopic (exact) mass is 612 g/mol. The lowest BCUT2D eigenvalue weighted by Crippen LogP contribution is -3.00. The zero-order chi connectivity index (χ0) is 29.5. The van der Waals surface area contributed by atoms with Crippen LogP contribution in [-0.2, 0) is 23.7 Å². The Balaban J connectivity index is 0.00000616. The summed E-state index contributed by atoms with van der Waals surface area (Å²) in [4.78, 5) is 13.2. The van der Waals surface area contributed by atoms with E-state index in [0.29, 0.717) is 6.61 Å². The smallest absolute Gasteiger partial charge is 0.270 e. The van der Waals surface area contributed by atoms with Crippen molar-refractivity contribution in [1.29, 1.82) is 0 Å². The first-order valence-electron chi connectivity index (χ1n) is 15.9. The van der Waals surface area contributed by atoms with Gasteiger partial charge in [-0.05, 0) is 35.6 Å². The van der Waals surface area contributed by atoms with Gasteiger partial charge in [-0.1, -0.05) is 134 Å². The van der Waals surface area contributed by atoms with Crippen LogP contribution in [0.5, 0.6) is 5.75 Å². The summed E-state index contributed by atoms with van der Waals surface area (Å²) in [5.41, 5.74) is 4.05. The Bertz CT molecular complexity index is 1200. The quantitative estimate of drug-likeness (QED) is 0.127. The van der Waals surface area contributed by atoms with Crippen LogP contribution in [0.1, 0.15) is 116 Å². The molecule has 0 aliphatic carbocycles. The highest BCUT2D eigenvalue weighted by molar-refractivity contribution is 7.12. The van der Waals surface area contributed by atoms with Crippen LogP contribution in [0.15, 0.2) is 54.0 Å². The topological polar surface area (TPSA) is 42.2 Å². The number of ether oxygens (including phenoxy) is 1. The number of aryl methyl sites for hydroxylation is 1. The van der Waals surface area contributed by atoms with E-state index < -0.39 is 0 Å². The Morgan fingerprint density at radius 3 is 2.10 bits per heavy atom. The average molecular weight is 613 g/mol. The van der Waals surface area contributed by atoms with E-state index in [0.717, 1.165) is 34.0 Å². The van der Waals surface area contributed by atoms with E-state index in [9.17, 15) is 4.79 Å². The number of hydrogen-bond acceptors (Lipinski definition) is 3. The lowest BCUT2D eigenvalue weighted by atomic mass is 9.86. The normalized spacial score (nSPS) is 11.3. The molecule has 4 nitrogen and oxygen atoms in total. The van der Waals surface area contributed by atoms with Crippen LogP contribution in [0.4, 0.5) is 5.69 Å². The summed E-state index contributed by atoms with van der Waals surface area (Å²) in [6, 6.07) is 14.4. The summed E-state index contributed by atoms with van der Waals surface area (Å²) < 4.78 is 8.42. The van der Waals surface area contributed by atoms with E-state index in [-0.39, 0.29) is 30.2 Å². The number of nitrogens with zero attached hydrogens (tertiary/aromatic N) is 1. The van der Waals surface area contributed by atoms with Gasteiger partial charge in [-0.3, -0.25) is 4.79 Å². The predicted octanol–water partition coefficient (Wildman–Crippen LogP) is 6.80. The molecular formula is C36H53ClN2O2S. The summed E-state index contributed by atoms with van der Waals surface area (Å²) >= 11 is 1.67. The van der Waals surface area contributed by atoms with Crippen molar-refractivity contribution in [3.63, 3.8) is 0 Å². The minimum atomic E-state index is -0.0321. The number of carbonyl (C=O) groups excluding carboxylic acids is 1. The summed E-state index contributed by atoms with van der Waals surface area (Å²) in [6.45, 7) is 9.61. The number of nitrogens with one attached hydrogen (secondary N) is 1. The molecule has 3 rings (SSSR count). The maximum atomic E-state index is 13.2. The predicted molar refractivity (Wildman–Crippen MR) is 175 cm³/mol. The summed E-state index contributed by atoms with van der Waals surface area (Å²) in [5.74, 6) is 0.809. The minimum absolute atomic E-state index is 0. The number of aromatic nitrogens is 1. The van der Waals surface area contributed by atoms with Gasteiger partial charge < -0.3 is 22.5 Å². The van der Waals surface area contributed by atoms with Crippen LogP contribution >= 0.6 is 11.3 Å². The van der Waals surface area contributed by atoms with Gasteiger partial charge in [0, 0.05) is 5.56 Å². The first kappa shape index (κ1) is 35.8. The van der Waals surface area contributed by atoms with E-state index in [2.05, 4.69) is 67.2 Å². The number of thiazole rings is 1. The molecule has 0 spiro atoms. The van der Waals surface area contributed by atoms with E-state index in [1.54, 1.807) is 11.3 Å². The van der Waals surface area contributed by atoms with Gasteiger partial charge >= 0.3 is 0 Å². The van der Waals surface area contributed by atoms with Crippen LogP contribution in [0.3, 0.4) is 0 Å². The Morgan fingerprint density at radius 1 is 0.881 bits per heavy atom. The van der Waals surface area contributed by atoms with Crippen LogP contribution in [-0.4, -0.2) is 12.5 Å². The van der Waals surface area contributed by atoms with Crippen molar-refractivity contribution in [1.82, 2.24) is 0 Å². The SMILES string of the molecule is CCCCCCCCCCCCCCOc1cc(C(C)(C)C)ccc1CC(=O)Nc1ccccc1-c1scc[n+]1C.[Cl-]. The molecule has 6 heteroatoms. The zero-order valence-corrected chi connectivity index (χ0v) is 28.2. The number of carbonyl (C=O) groups is 1. The molecule has 0 aliphatic heterocycles. The second-order valence-corrected chi connectivity index (χ2v) is 13.3. The highest BCUT2D eigenvalue weighted by Crippen LogP contribution is 2.31. The number of amides is 1. The second kappa shape index (κ2) is 19.0.